The molecule has 0 atom stereocenters. The van der Waals surface area contributed by atoms with Crippen LogP contribution < -0.4 is 4.74 Å². The van der Waals surface area contributed by atoms with Gasteiger partial charge in [-0.3, -0.25) is 9.59 Å². The molecule has 0 aromatic heterocycles. The van der Waals surface area contributed by atoms with Gasteiger partial charge in [-0.05, 0) is 56.7 Å². The number of carbonyl (C=O) groups is 3. The van der Waals surface area contributed by atoms with E-state index in [2.05, 4.69) is 15.9 Å². The summed E-state index contributed by atoms with van der Waals surface area (Å²) in [6.45, 7) is 5.54. The first kappa shape index (κ1) is 26.9. The Morgan fingerprint density at radius 1 is 0.833 bits per heavy atom. The number of carbonyl (C=O) groups excluding carboxylic acids is 3. The summed E-state index contributed by atoms with van der Waals surface area (Å²) in [6.07, 6.45) is 0. The third-order valence-electron chi connectivity index (χ3n) is 5.41. The zero-order valence-corrected chi connectivity index (χ0v) is 22.5. The molecule has 3 aromatic carbocycles. The normalized spacial score (nSPS) is 10.9. The SMILES string of the molecule is COc1cc(Br)ccc1C(=O)N(N(C)C(=O)c1ccccc1C(=O)OCc1ccccc1)C(C)(C)C. The molecule has 0 radical (unpaired) electrons. The van der Waals surface area contributed by atoms with Gasteiger partial charge in [-0.25, -0.2) is 14.8 Å². The van der Waals surface area contributed by atoms with Crippen LogP contribution in [0.3, 0.4) is 0 Å². The number of methoxy groups -OCH3 is 1. The van der Waals surface area contributed by atoms with Crippen LogP contribution in [0.4, 0.5) is 0 Å². The van der Waals surface area contributed by atoms with Crippen molar-refractivity contribution >= 4 is 33.7 Å². The van der Waals surface area contributed by atoms with Crippen LogP contribution >= 0.6 is 15.9 Å². The molecule has 0 spiro atoms. The zero-order valence-electron chi connectivity index (χ0n) is 20.9. The van der Waals surface area contributed by atoms with E-state index in [9.17, 15) is 14.4 Å². The third-order valence-corrected chi connectivity index (χ3v) is 5.90. The van der Waals surface area contributed by atoms with Crippen molar-refractivity contribution in [2.24, 2.45) is 0 Å². The van der Waals surface area contributed by atoms with Crippen molar-refractivity contribution < 1.29 is 23.9 Å². The molecule has 0 bridgehead atoms. The summed E-state index contributed by atoms with van der Waals surface area (Å²) in [5.74, 6) is -1.21. The maximum absolute atomic E-state index is 13.7. The van der Waals surface area contributed by atoms with Crippen molar-refractivity contribution in [1.82, 2.24) is 10.0 Å². The molecule has 0 N–H and O–H groups in total. The number of halogens is 1. The van der Waals surface area contributed by atoms with E-state index in [-0.39, 0.29) is 17.7 Å². The van der Waals surface area contributed by atoms with Crippen molar-refractivity contribution in [1.29, 1.82) is 0 Å². The van der Waals surface area contributed by atoms with Gasteiger partial charge in [0.15, 0.2) is 0 Å². The Kier molecular flexibility index (Phi) is 8.53. The van der Waals surface area contributed by atoms with Gasteiger partial charge in [0.1, 0.15) is 12.4 Å². The van der Waals surface area contributed by atoms with Crippen molar-refractivity contribution in [2.75, 3.05) is 14.2 Å². The van der Waals surface area contributed by atoms with Gasteiger partial charge in [-0.2, -0.15) is 0 Å². The Morgan fingerprint density at radius 2 is 1.44 bits per heavy atom. The average Bonchev–Trinajstić information content (AvgIpc) is 2.86. The molecular weight excluding hydrogens is 524 g/mol. The van der Waals surface area contributed by atoms with Crippen LogP contribution in [0.15, 0.2) is 77.3 Å². The molecule has 3 rings (SSSR count). The van der Waals surface area contributed by atoms with E-state index in [1.807, 2.05) is 51.1 Å². The Labute approximate surface area is 219 Å². The first-order chi connectivity index (χ1) is 17.0. The van der Waals surface area contributed by atoms with Gasteiger partial charge >= 0.3 is 5.97 Å². The van der Waals surface area contributed by atoms with Crippen molar-refractivity contribution in [3.63, 3.8) is 0 Å². The molecule has 8 heteroatoms. The van der Waals surface area contributed by atoms with E-state index in [0.29, 0.717) is 11.3 Å². The largest absolute Gasteiger partial charge is 0.496 e. The van der Waals surface area contributed by atoms with Crippen LogP contribution in [0.2, 0.25) is 0 Å². The summed E-state index contributed by atoms with van der Waals surface area (Å²) in [5.41, 5.74) is 0.601. The fraction of sp³-hybridized carbons (Fsp3) is 0.250. The number of benzene rings is 3. The Balaban J connectivity index is 1.92. The van der Waals surface area contributed by atoms with Gasteiger partial charge in [0.25, 0.3) is 11.8 Å². The molecule has 0 fully saturated rings. The predicted molar refractivity (Wildman–Crippen MR) is 141 cm³/mol. The molecule has 0 unspecified atom stereocenters. The number of esters is 1. The number of hydrogen-bond donors (Lipinski definition) is 0. The van der Waals surface area contributed by atoms with Crippen LogP contribution in [0.5, 0.6) is 5.75 Å². The number of hydrogen-bond acceptors (Lipinski definition) is 5. The van der Waals surface area contributed by atoms with Gasteiger partial charge < -0.3 is 9.47 Å². The first-order valence-electron chi connectivity index (χ1n) is 11.3. The van der Waals surface area contributed by atoms with E-state index in [4.69, 9.17) is 9.47 Å². The predicted octanol–water partition coefficient (Wildman–Crippen LogP) is 5.74. The highest BCUT2D eigenvalue weighted by Gasteiger charge is 2.36. The lowest BCUT2D eigenvalue weighted by Crippen LogP contribution is -2.56. The second-order valence-electron chi connectivity index (χ2n) is 9.07. The number of hydrazine groups is 1. The molecule has 7 nitrogen and oxygen atoms in total. The lowest BCUT2D eigenvalue weighted by Gasteiger charge is -2.41. The Bertz CT molecular complexity index is 1250. The van der Waals surface area contributed by atoms with Crippen LogP contribution in [0.1, 0.15) is 57.4 Å². The van der Waals surface area contributed by atoms with E-state index >= 15 is 0 Å². The van der Waals surface area contributed by atoms with Crippen molar-refractivity contribution in [2.45, 2.75) is 32.9 Å². The highest BCUT2D eigenvalue weighted by molar-refractivity contribution is 9.10. The van der Waals surface area contributed by atoms with Crippen LogP contribution in [0, 0.1) is 0 Å². The summed E-state index contributed by atoms with van der Waals surface area (Å²) in [4.78, 5) is 40.3. The molecule has 3 aromatic rings. The number of amides is 2. The summed E-state index contributed by atoms with van der Waals surface area (Å²) in [7, 11) is 2.98. The number of ether oxygens (including phenoxy) is 2. The lowest BCUT2D eigenvalue weighted by atomic mass is 10.0. The fourth-order valence-corrected chi connectivity index (χ4v) is 4.10. The third kappa shape index (κ3) is 6.12. The lowest BCUT2D eigenvalue weighted by molar-refractivity contribution is -0.0310. The minimum Gasteiger partial charge on any atom is -0.496 e. The monoisotopic (exact) mass is 552 g/mol. The minimum absolute atomic E-state index is 0.0774. The molecular formula is C28H29BrN2O5. The second kappa shape index (κ2) is 11.4. The summed E-state index contributed by atoms with van der Waals surface area (Å²) < 4.78 is 11.6. The molecule has 0 saturated carbocycles. The average molecular weight is 553 g/mol. The molecule has 36 heavy (non-hydrogen) atoms. The Hall–Kier alpha value is -3.65. The van der Waals surface area contributed by atoms with E-state index in [1.54, 1.807) is 36.4 Å². The summed E-state index contributed by atoms with van der Waals surface area (Å²) in [6, 6.07) is 20.7. The summed E-state index contributed by atoms with van der Waals surface area (Å²) in [5, 5.41) is 2.58. The maximum Gasteiger partial charge on any atom is 0.339 e. The maximum atomic E-state index is 13.7. The molecule has 0 saturated heterocycles. The summed E-state index contributed by atoms with van der Waals surface area (Å²) >= 11 is 3.38. The molecule has 2 amide bonds. The van der Waals surface area contributed by atoms with Crippen molar-refractivity contribution in [3.8, 4) is 5.75 Å². The van der Waals surface area contributed by atoms with Gasteiger partial charge in [-0.1, -0.05) is 58.4 Å². The van der Waals surface area contributed by atoms with Crippen LogP contribution in [-0.2, 0) is 11.3 Å². The van der Waals surface area contributed by atoms with Gasteiger partial charge in [0, 0.05) is 11.5 Å². The standard InChI is InChI=1S/C28H29BrN2O5/c1-28(2,3)31(26(33)23-16-15-20(29)17-24(23)35-5)30(4)25(32)21-13-9-10-14-22(21)27(34)36-18-19-11-7-6-8-12-19/h6-17H,18H2,1-5H3. The van der Waals surface area contributed by atoms with Gasteiger partial charge in [0.05, 0.1) is 29.3 Å². The van der Waals surface area contributed by atoms with E-state index < -0.39 is 23.3 Å². The quantitative estimate of drug-likeness (QED) is 0.287. The van der Waals surface area contributed by atoms with Crippen LogP contribution in [0.25, 0.3) is 0 Å². The minimum atomic E-state index is -0.775. The number of nitrogens with zero attached hydrogens (tertiary/aromatic N) is 2. The first-order valence-corrected chi connectivity index (χ1v) is 12.1. The van der Waals surface area contributed by atoms with E-state index in [0.717, 1.165) is 10.0 Å². The fourth-order valence-electron chi connectivity index (χ4n) is 3.76. The number of rotatable bonds is 6. The molecule has 188 valence electrons. The van der Waals surface area contributed by atoms with Crippen molar-refractivity contribution in [3.05, 3.63) is 99.5 Å². The molecule has 0 aliphatic heterocycles. The highest BCUT2D eigenvalue weighted by atomic mass is 79.9. The molecule has 0 aliphatic rings. The topological polar surface area (TPSA) is 76.2 Å². The zero-order chi connectivity index (χ0) is 26.5. The smallest absolute Gasteiger partial charge is 0.339 e. The molecule has 0 heterocycles. The molecule has 0 aliphatic carbocycles. The second-order valence-corrected chi connectivity index (χ2v) is 9.98. The van der Waals surface area contributed by atoms with Gasteiger partial charge in [-0.15, -0.1) is 0 Å². The van der Waals surface area contributed by atoms with Crippen LogP contribution in [-0.4, -0.2) is 47.5 Å². The Morgan fingerprint density at radius 3 is 2.06 bits per heavy atom. The van der Waals surface area contributed by atoms with Gasteiger partial charge in [0.2, 0.25) is 0 Å². The van der Waals surface area contributed by atoms with E-state index in [1.165, 1.54) is 30.2 Å². The highest BCUT2D eigenvalue weighted by Crippen LogP contribution is 2.29.